The first-order valence-corrected chi connectivity index (χ1v) is 8.91. The number of ether oxygens (including phenoxy) is 1. The summed E-state index contributed by atoms with van der Waals surface area (Å²) in [5.74, 6) is 0.0473. The molecule has 2 heterocycles. The Bertz CT molecular complexity index is 639. The molecular weight excluding hydrogens is 318 g/mol. The highest BCUT2D eigenvalue weighted by Gasteiger charge is 2.45. The van der Waals surface area contributed by atoms with Gasteiger partial charge in [0.15, 0.2) is 0 Å². The predicted molar refractivity (Wildman–Crippen MR) is 95.3 cm³/mol. The minimum Gasteiger partial charge on any atom is -0.381 e. The molecule has 6 heteroatoms. The lowest BCUT2D eigenvalue weighted by Crippen LogP contribution is -2.54. The van der Waals surface area contributed by atoms with Gasteiger partial charge in [-0.2, -0.15) is 0 Å². The molecule has 3 rings (SSSR count). The van der Waals surface area contributed by atoms with Gasteiger partial charge in [-0.05, 0) is 38.6 Å². The molecule has 1 saturated heterocycles. The van der Waals surface area contributed by atoms with Crippen LogP contribution in [0.2, 0.25) is 0 Å². The van der Waals surface area contributed by atoms with Gasteiger partial charge in [0.2, 0.25) is 5.91 Å². The van der Waals surface area contributed by atoms with Crippen LogP contribution >= 0.6 is 0 Å². The van der Waals surface area contributed by atoms with Crippen molar-refractivity contribution in [3.63, 3.8) is 0 Å². The highest BCUT2D eigenvalue weighted by atomic mass is 16.5. The fourth-order valence-corrected chi connectivity index (χ4v) is 3.71. The van der Waals surface area contributed by atoms with E-state index >= 15 is 0 Å². The van der Waals surface area contributed by atoms with E-state index in [9.17, 15) is 9.59 Å². The van der Waals surface area contributed by atoms with E-state index in [1.54, 1.807) is 0 Å². The fourth-order valence-electron chi connectivity index (χ4n) is 3.71. The van der Waals surface area contributed by atoms with Crippen LogP contribution in [0.4, 0.5) is 0 Å². The van der Waals surface area contributed by atoms with Crippen LogP contribution in [0.1, 0.15) is 35.2 Å². The first kappa shape index (κ1) is 17.9. The zero-order valence-electron chi connectivity index (χ0n) is 15.1. The Balaban J connectivity index is 1.74. The van der Waals surface area contributed by atoms with Gasteiger partial charge in [0, 0.05) is 38.4 Å². The number of hydrogen-bond donors (Lipinski definition) is 1. The Labute approximate surface area is 149 Å². The summed E-state index contributed by atoms with van der Waals surface area (Å²) in [7, 11) is 3.96. The number of fused-ring (bicyclic) bond motifs is 1. The van der Waals surface area contributed by atoms with Crippen LogP contribution in [0.25, 0.3) is 0 Å². The number of amides is 2. The summed E-state index contributed by atoms with van der Waals surface area (Å²) in [6, 6.07) is 7.73. The molecule has 136 valence electrons. The first-order valence-electron chi connectivity index (χ1n) is 8.91. The second-order valence-electron chi connectivity index (χ2n) is 7.22. The molecule has 0 unspecified atom stereocenters. The molecule has 25 heavy (non-hydrogen) atoms. The number of carbonyl (C=O) groups excluding carboxylic acids is 2. The Kier molecular flexibility index (Phi) is 5.39. The SMILES string of the molecule is CN(C)CCNC(=O)CC1(N2Cc3ccccc3C2=O)CCOCC1. The normalized spacial score (nSPS) is 19.2. The summed E-state index contributed by atoms with van der Waals surface area (Å²) in [5, 5.41) is 2.99. The predicted octanol–water partition coefficient (Wildman–Crippen LogP) is 1.26. The molecule has 1 aromatic rings. The zero-order chi connectivity index (χ0) is 17.9. The maximum absolute atomic E-state index is 12.9. The molecule has 0 radical (unpaired) electrons. The van der Waals surface area contributed by atoms with Crippen molar-refractivity contribution in [2.45, 2.75) is 31.3 Å². The summed E-state index contributed by atoms with van der Waals surface area (Å²) in [6.45, 7) is 3.18. The van der Waals surface area contributed by atoms with E-state index in [1.165, 1.54) is 0 Å². The molecule has 6 nitrogen and oxygen atoms in total. The third-order valence-electron chi connectivity index (χ3n) is 5.19. The molecular formula is C19H27N3O3. The largest absolute Gasteiger partial charge is 0.381 e. The molecule has 0 aliphatic carbocycles. The van der Waals surface area contributed by atoms with Gasteiger partial charge < -0.3 is 19.9 Å². The van der Waals surface area contributed by atoms with Crippen molar-refractivity contribution in [3.05, 3.63) is 35.4 Å². The number of hydrogen-bond acceptors (Lipinski definition) is 4. The van der Waals surface area contributed by atoms with Crippen molar-refractivity contribution in [2.75, 3.05) is 40.4 Å². The van der Waals surface area contributed by atoms with Crippen molar-refractivity contribution in [2.24, 2.45) is 0 Å². The summed E-state index contributed by atoms with van der Waals surface area (Å²) in [4.78, 5) is 29.4. The third kappa shape index (κ3) is 3.85. The van der Waals surface area contributed by atoms with Crippen molar-refractivity contribution in [1.82, 2.24) is 15.1 Å². The van der Waals surface area contributed by atoms with E-state index in [-0.39, 0.29) is 11.8 Å². The summed E-state index contributed by atoms with van der Waals surface area (Å²) in [5.41, 5.74) is 1.36. The minimum absolute atomic E-state index is 0.00695. The molecule has 0 saturated carbocycles. The molecule has 0 spiro atoms. The number of benzene rings is 1. The third-order valence-corrected chi connectivity index (χ3v) is 5.19. The highest BCUT2D eigenvalue weighted by Crippen LogP contribution is 2.37. The van der Waals surface area contributed by atoms with E-state index < -0.39 is 5.54 Å². The smallest absolute Gasteiger partial charge is 0.254 e. The van der Waals surface area contributed by atoms with E-state index in [4.69, 9.17) is 4.74 Å². The lowest BCUT2D eigenvalue weighted by molar-refractivity contribution is -0.125. The second-order valence-corrected chi connectivity index (χ2v) is 7.22. The van der Waals surface area contributed by atoms with Crippen molar-refractivity contribution < 1.29 is 14.3 Å². The van der Waals surface area contributed by atoms with E-state index in [1.807, 2.05) is 48.2 Å². The average molecular weight is 345 g/mol. The van der Waals surface area contributed by atoms with Crippen LogP contribution in [-0.4, -0.2) is 67.6 Å². The standard InChI is InChI=1S/C19H27N3O3/c1-21(2)10-9-20-17(23)13-19(7-11-25-12-8-19)22-14-15-5-3-4-6-16(15)18(22)24/h3-6H,7-14H2,1-2H3,(H,20,23). The summed E-state index contributed by atoms with van der Waals surface area (Å²) < 4.78 is 5.51. The van der Waals surface area contributed by atoms with Crippen LogP contribution < -0.4 is 5.32 Å². The van der Waals surface area contributed by atoms with Gasteiger partial charge in [0.1, 0.15) is 0 Å². The molecule has 2 aliphatic heterocycles. The average Bonchev–Trinajstić information content (AvgIpc) is 2.93. The van der Waals surface area contributed by atoms with Crippen LogP contribution in [0.3, 0.4) is 0 Å². The molecule has 0 atom stereocenters. The van der Waals surface area contributed by atoms with Crippen LogP contribution in [0, 0.1) is 0 Å². The Morgan fingerprint density at radius 3 is 2.68 bits per heavy atom. The molecule has 1 fully saturated rings. The van der Waals surface area contributed by atoms with Crippen molar-refractivity contribution in [3.8, 4) is 0 Å². The monoisotopic (exact) mass is 345 g/mol. The highest BCUT2D eigenvalue weighted by molar-refractivity contribution is 5.99. The van der Waals surface area contributed by atoms with Gasteiger partial charge in [-0.15, -0.1) is 0 Å². The Morgan fingerprint density at radius 2 is 2.00 bits per heavy atom. The van der Waals surface area contributed by atoms with Gasteiger partial charge in [-0.25, -0.2) is 0 Å². The summed E-state index contributed by atoms with van der Waals surface area (Å²) in [6.07, 6.45) is 1.74. The number of rotatable bonds is 6. The van der Waals surface area contributed by atoms with Gasteiger partial charge in [0.25, 0.3) is 5.91 Å². The van der Waals surface area contributed by atoms with Crippen LogP contribution in [0.15, 0.2) is 24.3 Å². The van der Waals surface area contributed by atoms with Gasteiger partial charge in [-0.3, -0.25) is 9.59 Å². The number of likely N-dealkylation sites (N-methyl/N-ethyl adjacent to an activating group) is 1. The lowest BCUT2D eigenvalue weighted by Gasteiger charge is -2.44. The molecule has 1 N–H and O–H groups in total. The van der Waals surface area contributed by atoms with Gasteiger partial charge in [0.05, 0.1) is 12.0 Å². The maximum Gasteiger partial charge on any atom is 0.254 e. The van der Waals surface area contributed by atoms with Gasteiger partial charge >= 0.3 is 0 Å². The molecule has 1 aromatic carbocycles. The zero-order valence-corrected chi connectivity index (χ0v) is 15.1. The van der Waals surface area contributed by atoms with Crippen molar-refractivity contribution in [1.29, 1.82) is 0 Å². The Morgan fingerprint density at radius 1 is 1.28 bits per heavy atom. The number of nitrogens with one attached hydrogen (secondary N) is 1. The van der Waals surface area contributed by atoms with Gasteiger partial charge in [-0.1, -0.05) is 18.2 Å². The van der Waals surface area contributed by atoms with Crippen molar-refractivity contribution >= 4 is 11.8 Å². The van der Waals surface area contributed by atoms with E-state index in [0.717, 1.165) is 17.7 Å². The van der Waals surface area contributed by atoms with Crippen LogP contribution in [-0.2, 0) is 16.1 Å². The quantitative estimate of drug-likeness (QED) is 0.843. The molecule has 2 aliphatic rings. The minimum atomic E-state index is -0.448. The fraction of sp³-hybridized carbons (Fsp3) is 0.579. The Hall–Kier alpha value is -1.92. The topological polar surface area (TPSA) is 61.9 Å². The molecule has 2 amide bonds. The second kappa shape index (κ2) is 7.54. The van der Waals surface area contributed by atoms with Crippen LogP contribution in [0.5, 0.6) is 0 Å². The molecule has 0 bridgehead atoms. The molecule has 0 aromatic heterocycles. The number of nitrogens with zero attached hydrogens (tertiary/aromatic N) is 2. The first-order chi connectivity index (χ1) is 12.0. The maximum atomic E-state index is 12.9. The van der Waals surface area contributed by atoms with E-state index in [2.05, 4.69) is 5.32 Å². The van der Waals surface area contributed by atoms with E-state index in [0.29, 0.717) is 45.6 Å². The number of carbonyl (C=O) groups is 2. The summed E-state index contributed by atoms with van der Waals surface area (Å²) >= 11 is 0. The lowest BCUT2D eigenvalue weighted by atomic mass is 9.84.